The zero-order valence-corrected chi connectivity index (χ0v) is 21.3. The van der Waals surface area contributed by atoms with Gasteiger partial charge in [0.1, 0.15) is 5.75 Å². The van der Waals surface area contributed by atoms with Crippen molar-refractivity contribution in [3.63, 3.8) is 0 Å². The monoisotopic (exact) mass is 483 g/mol. The van der Waals surface area contributed by atoms with E-state index in [4.69, 9.17) is 9.72 Å². The summed E-state index contributed by atoms with van der Waals surface area (Å²) in [6.45, 7) is 5.24. The highest BCUT2D eigenvalue weighted by atomic mass is 32.1. The van der Waals surface area contributed by atoms with Crippen LogP contribution < -0.4 is 10.1 Å². The minimum Gasteiger partial charge on any atom is -0.496 e. The normalized spacial score (nSPS) is 23.7. The number of benzene rings is 3. The Balaban J connectivity index is 1.35. The summed E-state index contributed by atoms with van der Waals surface area (Å²) in [7, 11) is 1.77. The van der Waals surface area contributed by atoms with E-state index >= 15 is 0 Å². The minimum absolute atomic E-state index is 0.337. The number of rotatable bonds is 7. The summed E-state index contributed by atoms with van der Waals surface area (Å²) in [5, 5.41) is 5.14. The van der Waals surface area contributed by atoms with Gasteiger partial charge in [0.15, 0.2) is 0 Å². The van der Waals surface area contributed by atoms with Gasteiger partial charge in [0.05, 0.1) is 22.3 Å². The molecule has 3 aliphatic heterocycles. The Morgan fingerprint density at radius 1 is 1.00 bits per heavy atom. The number of aryl methyl sites for hydroxylation is 1. The van der Waals surface area contributed by atoms with Crippen LogP contribution in [0.5, 0.6) is 5.75 Å². The average Bonchev–Trinajstić information content (AvgIpc) is 3.28. The van der Waals surface area contributed by atoms with Crippen molar-refractivity contribution in [3.05, 3.63) is 94.5 Å². The van der Waals surface area contributed by atoms with Crippen molar-refractivity contribution in [2.24, 2.45) is 5.92 Å². The van der Waals surface area contributed by atoms with E-state index in [1.807, 2.05) is 0 Å². The lowest BCUT2D eigenvalue weighted by Crippen LogP contribution is -2.64. The van der Waals surface area contributed by atoms with Gasteiger partial charge in [-0.3, -0.25) is 4.90 Å². The molecule has 3 saturated heterocycles. The van der Waals surface area contributed by atoms with Crippen molar-refractivity contribution in [3.8, 4) is 5.75 Å². The molecule has 0 saturated carbocycles. The Hall–Kier alpha value is -2.73. The first kappa shape index (κ1) is 22.7. The van der Waals surface area contributed by atoms with Gasteiger partial charge in [0.2, 0.25) is 0 Å². The number of thiazole rings is 1. The Morgan fingerprint density at radius 2 is 1.66 bits per heavy atom. The van der Waals surface area contributed by atoms with Gasteiger partial charge in [-0.2, -0.15) is 0 Å². The standard InChI is InChI=1S/C30H33N3OS/c1-20-32-25-17-24(26(34-2)18-27(25)35-20)19-31-29-23-13-15-33(16-14-23)30(29)28(21-9-5-3-6-10-21)22-11-7-4-8-12-22/h3-12,17-18,23,28-31H,13-16,19H2,1-2H3. The van der Waals surface area contributed by atoms with Crippen LogP contribution in [0.2, 0.25) is 0 Å². The fourth-order valence-corrected chi connectivity index (χ4v) is 7.20. The van der Waals surface area contributed by atoms with Gasteiger partial charge >= 0.3 is 0 Å². The molecule has 2 unspecified atom stereocenters. The number of ether oxygens (including phenoxy) is 1. The molecule has 3 aromatic carbocycles. The predicted molar refractivity (Wildman–Crippen MR) is 144 cm³/mol. The van der Waals surface area contributed by atoms with Gasteiger partial charge in [0, 0.05) is 30.1 Å². The quantitative estimate of drug-likeness (QED) is 0.350. The summed E-state index contributed by atoms with van der Waals surface area (Å²) in [5.41, 5.74) is 5.07. The maximum atomic E-state index is 5.81. The number of aromatic nitrogens is 1. The average molecular weight is 484 g/mol. The maximum absolute atomic E-state index is 5.81. The molecule has 7 rings (SSSR count). The van der Waals surface area contributed by atoms with Crippen LogP contribution >= 0.6 is 11.3 Å². The van der Waals surface area contributed by atoms with Crippen molar-refractivity contribution in [2.45, 2.75) is 44.3 Å². The van der Waals surface area contributed by atoms with Crippen molar-refractivity contribution in [1.29, 1.82) is 0 Å². The van der Waals surface area contributed by atoms with E-state index in [-0.39, 0.29) is 0 Å². The Kier molecular flexibility index (Phi) is 6.31. The highest BCUT2D eigenvalue weighted by Crippen LogP contribution is 2.42. The summed E-state index contributed by atoms with van der Waals surface area (Å²) in [6, 6.07) is 27.4. The molecule has 1 aromatic heterocycles. The second-order valence-corrected chi connectivity index (χ2v) is 11.2. The Bertz CT molecular complexity index is 1240. The summed E-state index contributed by atoms with van der Waals surface area (Å²) < 4.78 is 7.00. The Morgan fingerprint density at radius 3 is 2.29 bits per heavy atom. The van der Waals surface area contributed by atoms with E-state index in [1.165, 1.54) is 47.3 Å². The van der Waals surface area contributed by atoms with Gasteiger partial charge in [-0.25, -0.2) is 4.98 Å². The third-order valence-electron chi connectivity index (χ3n) is 7.96. The molecule has 5 heteroatoms. The molecule has 180 valence electrons. The van der Waals surface area contributed by atoms with Crippen LogP contribution in [0, 0.1) is 12.8 Å². The molecule has 3 aliphatic rings. The number of nitrogens with zero attached hydrogens (tertiary/aromatic N) is 2. The predicted octanol–water partition coefficient (Wildman–Crippen LogP) is 6.00. The number of fused-ring (bicyclic) bond motifs is 4. The first-order valence-electron chi connectivity index (χ1n) is 12.7. The van der Waals surface area contributed by atoms with E-state index in [1.54, 1.807) is 18.4 Å². The molecule has 0 aliphatic carbocycles. The van der Waals surface area contributed by atoms with E-state index in [2.05, 4.69) is 89.9 Å². The van der Waals surface area contributed by atoms with Crippen LogP contribution in [0.4, 0.5) is 0 Å². The molecule has 0 spiro atoms. The second-order valence-electron chi connectivity index (χ2n) is 9.93. The molecule has 1 N–H and O–H groups in total. The lowest BCUT2D eigenvalue weighted by molar-refractivity contribution is 0.00462. The highest BCUT2D eigenvalue weighted by Gasteiger charge is 2.46. The van der Waals surface area contributed by atoms with Gasteiger partial charge in [-0.1, -0.05) is 60.7 Å². The molecule has 2 bridgehead atoms. The van der Waals surface area contributed by atoms with Crippen LogP contribution in [0.15, 0.2) is 72.8 Å². The summed E-state index contributed by atoms with van der Waals surface area (Å²) >= 11 is 1.73. The van der Waals surface area contributed by atoms with Gasteiger partial charge in [-0.15, -0.1) is 11.3 Å². The summed E-state index contributed by atoms with van der Waals surface area (Å²) in [4.78, 5) is 7.47. The van der Waals surface area contributed by atoms with Crippen LogP contribution in [-0.2, 0) is 6.54 Å². The topological polar surface area (TPSA) is 37.4 Å². The maximum Gasteiger partial charge on any atom is 0.124 e. The van der Waals surface area contributed by atoms with Gasteiger partial charge in [-0.05, 0) is 62.0 Å². The van der Waals surface area contributed by atoms with Gasteiger partial charge in [0.25, 0.3) is 0 Å². The molecule has 0 amide bonds. The second kappa shape index (κ2) is 9.73. The molecule has 0 radical (unpaired) electrons. The van der Waals surface area contributed by atoms with Crippen molar-refractivity contribution < 1.29 is 4.74 Å². The third kappa shape index (κ3) is 4.37. The van der Waals surface area contributed by atoms with E-state index in [0.29, 0.717) is 23.9 Å². The third-order valence-corrected chi connectivity index (χ3v) is 8.89. The van der Waals surface area contributed by atoms with Gasteiger partial charge < -0.3 is 10.1 Å². The first-order chi connectivity index (χ1) is 17.2. The fourth-order valence-electron chi connectivity index (χ4n) is 6.37. The van der Waals surface area contributed by atoms with Crippen LogP contribution in [0.1, 0.15) is 40.5 Å². The molecular weight excluding hydrogens is 450 g/mol. The lowest BCUT2D eigenvalue weighted by Gasteiger charge is -2.54. The molecule has 35 heavy (non-hydrogen) atoms. The van der Waals surface area contributed by atoms with Crippen molar-refractivity contribution in [2.75, 3.05) is 20.2 Å². The zero-order valence-electron chi connectivity index (χ0n) is 20.5. The lowest BCUT2D eigenvalue weighted by atomic mass is 9.70. The number of hydrogen-bond acceptors (Lipinski definition) is 5. The summed E-state index contributed by atoms with van der Waals surface area (Å²) in [6.07, 6.45) is 2.54. The van der Waals surface area contributed by atoms with Crippen molar-refractivity contribution in [1.82, 2.24) is 15.2 Å². The molecule has 2 atom stereocenters. The largest absolute Gasteiger partial charge is 0.496 e. The van der Waals surface area contributed by atoms with E-state index in [9.17, 15) is 0 Å². The molecular formula is C30H33N3OS. The smallest absolute Gasteiger partial charge is 0.124 e. The SMILES string of the molecule is COc1cc2sc(C)nc2cc1CNC1C2CCN(CC2)C1C(c1ccccc1)c1ccccc1. The number of hydrogen-bond donors (Lipinski definition) is 1. The van der Waals surface area contributed by atoms with E-state index in [0.717, 1.165) is 22.8 Å². The van der Waals surface area contributed by atoms with E-state index < -0.39 is 0 Å². The zero-order chi connectivity index (χ0) is 23.8. The highest BCUT2D eigenvalue weighted by molar-refractivity contribution is 7.18. The van der Waals surface area contributed by atoms with Crippen LogP contribution in [0.25, 0.3) is 10.2 Å². The molecule has 4 aromatic rings. The van der Waals surface area contributed by atoms with Crippen molar-refractivity contribution >= 4 is 21.6 Å². The molecule has 4 heterocycles. The molecule has 4 nitrogen and oxygen atoms in total. The molecule has 3 fully saturated rings. The number of nitrogens with one attached hydrogen (secondary N) is 1. The number of methoxy groups -OCH3 is 1. The fraction of sp³-hybridized carbons (Fsp3) is 0.367. The van der Waals surface area contributed by atoms with Crippen LogP contribution in [0.3, 0.4) is 0 Å². The number of piperidine rings is 3. The first-order valence-corrected chi connectivity index (χ1v) is 13.5. The minimum atomic E-state index is 0.337. The van der Waals surface area contributed by atoms with Crippen LogP contribution in [-0.4, -0.2) is 42.2 Å². The summed E-state index contributed by atoms with van der Waals surface area (Å²) in [5.74, 6) is 1.98. The Labute approximate surface area is 212 Å².